The second-order valence-electron chi connectivity index (χ2n) is 4.87. The van der Waals surface area contributed by atoms with Gasteiger partial charge in [0.15, 0.2) is 0 Å². The van der Waals surface area contributed by atoms with Crippen molar-refractivity contribution in [2.45, 2.75) is 32.6 Å². The van der Waals surface area contributed by atoms with Crippen molar-refractivity contribution in [3.05, 3.63) is 29.0 Å². The Balaban J connectivity index is 1.98. The number of amides is 1. The molecule has 2 heterocycles. The monoisotopic (exact) mass is 266 g/mol. The van der Waals surface area contributed by atoms with Crippen LogP contribution in [-0.4, -0.2) is 28.9 Å². The molecule has 0 unspecified atom stereocenters. The van der Waals surface area contributed by atoms with E-state index in [0.717, 1.165) is 31.8 Å². The van der Waals surface area contributed by atoms with Crippen molar-refractivity contribution in [1.82, 2.24) is 9.88 Å². The van der Waals surface area contributed by atoms with Crippen LogP contribution in [-0.2, 0) is 0 Å². The molecule has 0 atom stereocenters. The minimum atomic E-state index is 0.0167. The zero-order valence-corrected chi connectivity index (χ0v) is 11.5. The minimum absolute atomic E-state index is 0.0167. The van der Waals surface area contributed by atoms with Gasteiger partial charge in [-0.25, -0.2) is 4.98 Å². The average molecular weight is 267 g/mol. The number of carbonyl (C=O) groups is 1. The molecule has 4 heteroatoms. The number of hydrogen-bond donors (Lipinski definition) is 0. The molecule has 0 aliphatic carbocycles. The van der Waals surface area contributed by atoms with E-state index in [4.69, 9.17) is 11.6 Å². The second kappa shape index (κ2) is 6.19. The van der Waals surface area contributed by atoms with Crippen molar-refractivity contribution in [2.75, 3.05) is 13.1 Å². The number of pyridine rings is 1. The molecule has 1 aromatic rings. The van der Waals surface area contributed by atoms with Crippen LogP contribution < -0.4 is 0 Å². The van der Waals surface area contributed by atoms with Gasteiger partial charge in [-0.1, -0.05) is 31.4 Å². The van der Waals surface area contributed by atoms with Crippen LogP contribution in [0.4, 0.5) is 0 Å². The zero-order chi connectivity index (χ0) is 13.0. The third-order valence-electron chi connectivity index (χ3n) is 3.59. The summed E-state index contributed by atoms with van der Waals surface area (Å²) in [5.74, 6) is 0.798. The predicted octanol–water partition coefficient (Wildman–Crippen LogP) is 3.39. The Morgan fingerprint density at radius 3 is 2.83 bits per heavy atom. The lowest BCUT2D eigenvalue weighted by Gasteiger charge is -2.32. The van der Waals surface area contributed by atoms with Gasteiger partial charge in [0.2, 0.25) is 0 Å². The Kier molecular flexibility index (Phi) is 4.59. The highest BCUT2D eigenvalue weighted by atomic mass is 35.5. The molecule has 1 saturated heterocycles. The molecule has 3 nitrogen and oxygen atoms in total. The molecular formula is C14H19ClN2O. The lowest BCUT2D eigenvalue weighted by atomic mass is 9.92. The summed E-state index contributed by atoms with van der Waals surface area (Å²) in [6.45, 7) is 3.90. The number of likely N-dealkylation sites (tertiary alicyclic amines) is 1. The van der Waals surface area contributed by atoms with Crippen molar-refractivity contribution in [3.63, 3.8) is 0 Å². The first kappa shape index (κ1) is 13.3. The van der Waals surface area contributed by atoms with Crippen LogP contribution in [0.3, 0.4) is 0 Å². The zero-order valence-electron chi connectivity index (χ0n) is 10.7. The maximum absolute atomic E-state index is 12.3. The molecule has 0 saturated carbocycles. The number of rotatable bonds is 3. The normalized spacial score (nSPS) is 16.9. The number of aromatic nitrogens is 1. The van der Waals surface area contributed by atoms with Crippen molar-refractivity contribution in [1.29, 1.82) is 0 Å². The van der Waals surface area contributed by atoms with Crippen LogP contribution >= 0.6 is 11.6 Å². The number of halogens is 1. The Morgan fingerprint density at radius 2 is 2.22 bits per heavy atom. The summed E-state index contributed by atoms with van der Waals surface area (Å²) in [7, 11) is 0. The van der Waals surface area contributed by atoms with Gasteiger partial charge in [0.25, 0.3) is 5.91 Å². The van der Waals surface area contributed by atoms with Crippen molar-refractivity contribution < 1.29 is 4.79 Å². The van der Waals surface area contributed by atoms with E-state index < -0.39 is 0 Å². The quantitative estimate of drug-likeness (QED) is 0.786. The molecule has 1 fully saturated rings. The number of hydrogen-bond acceptors (Lipinski definition) is 2. The van der Waals surface area contributed by atoms with E-state index in [-0.39, 0.29) is 5.91 Å². The number of piperidine rings is 1. The van der Waals surface area contributed by atoms with Gasteiger partial charge in [0.1, 0.15) is 5.15 Å². The van der Waals surface area contributed by atoms with Gasteiger partial charge in [-0.05, 0) is 30.9 Å². The van der Waals surface area contributed by atoms with Crippen LogP contribution in [0, 0.1) is 5.92 Å². The molecule has 18 heavy (non-hydrogen) atoms. The fourth-order valence-electron chi connectivity index (χ4n) is 2.55. The van der Waals surface area contributed by atoms with E-state index in [1.807, 2.05) is 4.90 Å². The molecule has 0 N–H and O–H groups in total. The van der Waals surface area contributed by atoms with Gasteiger partial charge >= 0.3 is 0 Å². The Morgan fingerprint density at radius 1 is 1.50 bits per heavy atom. The third-order valence-corrected chi connectivity index (χ3v) is 3.89. The summed E-state index contributed by atoms with van der Waals surface area (Å²) in [5.41, 5.74) is 0.521. The first-order chi connectivity index (χ1) is 8.72. The molecule has 0 aromatic carbocycles. The maximum Gasteiger partial charge on any atom is 0.256 e. The van der Waals surface area contributed by atoms with Gasteiger partial charge in [-0.2, -0.15) is 0 Å². The Labute approximate surface area is 113 Å². The van der Waals surface area contributed by atoms with Crippen LogP contribution in [0.1, 0.15) is 43.0 Å². The molecule has 1 amide bonds. The number of nitrogens with zero attached hydrogens (tertiary/aromatic N) is 2. The third kappa shape index (κ3) is 3.02. The van der Waals surface area contributed by atoms with Gasteiger partial charge in [-0.15, -0.1) is 0 Å². The smallest absolute Gasteiger partial charge is 0.256 e. The lowest BCUT2D eigenvalue weighted by Crippen LogP contribution is -2.38. The van der Waals surface area contributed by atoms with E-state index >= 15 is 0 Å². The van der Waals surface area contributed by atoms with Crippen LogP contribution in [0.25, 0.3) is 0 Å². The van der Waals surface area contributed by atoms with Crippen molar-refractivity contribution in [3.8, 4) is 0 Å². The van der Waals surface area contributed by atoms with E-state index in [0.29, 0.717) is 10.7 Å². The molecule has 1 aliphatic rings. The molecule has 1 aromatic heterocycles. The summed E-state index contributed by atoms with van der Waals surface area (Å²) < 4.78 is 0. The molecule has 2 rings (SSSR count). The van der Waals surface area contributed by atoms with Crippen LogP contribution in [0.5, 0.6) is 0 Å². The van der Waals surface area contributed by atoms with Gasteiger partial charge in [0, 0.05) is 19.3 Å². The Hall–Kier alpha value is -1.09. The minimum Gasteiger partial charge on any atom is -0.339 e. The van der Waals surface area contributed by atoms with E-state index in [9.17, 15) is 4.79 Å². The molecule has 1 aliphatic heterocycles. The van der Waals surface area contributed by atoms with E-state index in [1.54, 1.807) is 18.3 Å². The van der Waals surface area contributed by atoms with Gasteiger partial charge in [-0.3, -0.25) is 4.79 Å². The average Bonchev–Trinajstić information content (AvgIpc) is 2.40. The summed E-state index contributed by atoms with van der Waals surface area (Å²) in [6, 6.07) is 3.50. The lowest BCUT2D eigenvalue weighted by molar-refractivity contribution is 0.0686. The standard InChI is InChI=1S/C14H19ClN2O/c1-2-4-11-6-9-17(10-7-11)14(18)12-5-3-8-16-13(12)15/h3,5,8,11H,2,4,6-7,9-10H2,1H3. The van der Waals surface area contributed by atoms with Crippen molar-refractivity contribution in [2.24, 2.45) is 5.92 Å². The van der Waals surface area contributed by atoms with E-state index in [1.165, 1.54) is 12.8 Å². The molecule has 98 valence electrons. The summed E-state index contributed by atoms with van der Waals surface area (Å²) >= 11 is 5.96. The number of carbonyl (C=O) groups excluding carboxylic acids is 1. The molecule has 0 bridgehead atoms. The first-order valence-corrected chi connectivity index (χ1v) is 7.00. The molecule has 0 radical (unpaired) electrons. The van der Waals surface area contributed by atoms with Gasteiger partial charge < -0.3 is 4.90 Å². The summed E-state index contributed by atoms with van der Waals surface area (Å²) in [4.78, 5) is 18.1. The first-order valence-electron chi connectivity index (χ1n) is 6.62. The summed E-state index contributed by atoms with van der Waals surface area (Å²) in [6.07, 6.45) is 6.32. The molecule has 0 spiro atoms. The van der Waals surface area contributed by atoms with E-state index in [2.05, 4.69) is 11.9 Å². The SMILES string of the molecule is CCCC1CCN(C(=O)c2cccnc2Cl)CC1. The largest absolute Gasteiger partial charge is 0.339 e. The maximum atomic E-state index is 12.3. The second-order valence-corrected chi connectivity index (χ2v) is 5.22. The topological polar surface area (TPSA) is 33.2 Å². The van der Waals surface area contributed by atoms with Crippen LogP contribution in [0.15, 0.2) is 18.3 Å². The highest BCUT2D eigenvalue weighted by Gasteiger charge is 2.24. The predicted molar refractivity (Wildman–Crippen MR) is 72.8 cm³/mol. The van der Waals surface area contributed by atoms with Crippen LogP contribution in [0.2, 0.25) is 5.15 Å². The Bertz CT molecular complexity index is 414. The van der Waals surface area contributed by atoms with Crippen molar-refractivity contribution >= 4 is 17.5 Å². The van der Waals surface area contributed by atoms with Gasteiger partial charge in [0.05, 0.1) is 5.56 Å². The molecular weight excluding hydrogens is 248 g/mol. The fraction of sp³-hybridized carbons (Fsp3) is 0.571. The summed E-state index contributed by atoms with van der Waals surface area (Å²) in [5, 5.41) is 0.304. The highest BCUT2D eigenvalue weighted by molar-refractivity contribution is 6.32. The fourth-order valence-corrected chi connectivity index (χ4v) is 2.75. The highest BCUT2D eigenvalue weighted by Crippen LogP contribution is 2.24.